The molecule has 0 aromatic carbocycles. The van der Waals surface area contributed by atoms with Crippen LogP contribution in [0.3, 0.4) is 0 Å². The average Bonchev–Trinajstić information content (AvgIpc) is 1.86. The number of hydrogen-bond donors (Lipinski definition) is 0. The van der Waals surface area contributed by atoms with E-state index in [0.717, 1.165) is 0 Å². The van der Waals surface area contributed by atoms with E-state index < -0.39 is 0 Å². The van der Waals surface area contributed by atoms with Gasteiger partial charge in [0.2, 0.25) is 5.51 Å². The first-order valence-corrected chi connectivity index (χ1v) is 2.49. The number of rotatable bonds is 0. The largest absolute Gasteiger partial charge is 0.448 e. The molecule has 1 aromatic heterocycles. The van der Waals surface area contributed by atoms with Gasteiger partial charge in [-0.05, 0) is 0 Å². The summed E-state index contributed by atoms with van der Waals surface area (Å²) in [6.07, 6.45) is 1.69. The Hall–Kier alpha value is -0.570. The lowest BCUT2D eigenvalue weighted by atomic mass is 11.0. The molecule has 0 unspecified atom stereocenters. The first-order valence-electron chi connectivity index (χ1n) is 1.54. The van der Waals surface area contributed by atoms with Crippen LogP contribution < -0.4 is 4.68 Å². The lowest BCUT2D eigenvalue weighted by Crippen LogP contribution is -2.16. The second kappa shape index (κ2) is 1.26. The van der Waals surface area contributed by atoms with Gasteiger partial charge in [0.05, 0.1) is 5.38 Å². The van der Waals surface area contributed by atoms with Crippen molar-refractivity contribution < 1.29 is 4.68 Å². The Morgan fingerprint density at radius 3 is 2.67 bits per heavy atom. The molecule has 0 bridgehead atoms. The van der Waals surface area contributed by atoms with Crippen LogP contribution in [0.15, 0.2) is 17.1 Å². The fraction of sp³-hybridized carbons (Fsp3) is 0. The van der Waals surface area contributed by atoms with E-state index in [0.29, 0.717) is 0 Å². The summed E-state index contributed by atoms with van der Waals surface area (Å²) in [5.74, 6) is 6.80. The smallest absolute Gasteiger partial charge is 0.220 e. The fourth-order valence-corrected chi connectivity index (χ4v) is 0.710. The molecule has 1 N–H and O–H groups in total. The predicted octanol–water partition coefficient (Wildman–Crippen LogP) is 0.851. The van der Waals surface area contributed by atoms with Crippen molar-refractivity contribution in [2.45, 2.75) is 0 Å². The molecule has 0 fully saturated rings. The summed E-state index contributed by atoms with van der Waals surface area (Å²) in [5, 5.41) is 1.85. The van der Waals surface area contributed by atoms with E-state index in [-0.39, 0.29) is 0 Å². The topological polar surface area (TPSA) is 27.7 Å². The monoisotopic (exact) mass is 100 g/mol. The molecule has 3 heteroatoms. The molecular weight excluding hydrogens is 96.1 g/mol. The van der Waals surface area contributed by atoms with E-state index in [1.807, 2.05) is 5.38 Å². The zero-order chi connectivity index (χ0) is 4.41. The molecule has 0 amide bonds. The van der Waals surface area contributed by atoms with Gasteiger partial charge in [-0.25, -0.2) is 4.68 Å². The Morgan fingerprint density at radius 1 is 1.67 bits per heavy atom. The van der Waals surface area contributed by atoms with Crippen LogP contribution in [0.2, 0.25) is 0 Å². The van der Waals surface area contributed by atoms with Crippen LogP contribution in [0.4, 0.5) is 0 Å². The normalized spacial score (nSPS) is 8.67. The van der Waals surface area contributed by atoms with E-state index in [1.165, 1.54) is 16.0 Å². The second-order valence-electron chi connectivity index (χ2n) is 0.934. The molecule has 1 aromatic rings. The summed E-state index contributed by atoms with van der Waals surface area (Å²) < 4.78 is 1.27. The second-order valence-corrected chi connectivity index (χ2v) is 1.69. The highest BCUT2D eigenvalue weighted by Crippen LogP contribution is 1.84. The third-order valence-electron chi connectivity index (χ3n) is 0.474. The number of nitrogens with zero attached hydrogens (tertiary/aromatic N) is 1. The Morgan fingerprint density at radius 2 is 2.50 bits per heavy atom. The lowest BCUT2D eigenvalue weighted by Gasteiger charge is -1.77. The Bertz CT molecular complexity index is 112. The van der Waals surface area contributed by atoms with E-state index >= 15 is 0 Å². The highest BCUT2D eigenvalue weighted by molar-refractivity contribution is 7.07. The summed E-state index contributed by atoms with van der Waals surface area (Å²) in [6.45, 7) is 0. The van der Waals surface area contributed by atoms with Gasteiger partial charge in [0.1, 0.15) is 0 Å². The Kier molecular flexibility index (Phi) is 0.759. The maximum absolute atomic E-state index is 6.80. The van der Waals surface area contributed by atoms with Crippen molar-refractivity contribution in [3.63, 3.8) is 0 Å². The minimum Gasteiger partial charge on any atom is -0.448 e. The van der Waals surface area contributed by atoms with Crippen molar-refractivity contribution in [3.8, 4) is 0 Å². The molecule has 0 saturated heterocycles. The van der Waals surface area contributed by atoms with Crippen molar-refractivity contribution in [3.05, 3.63) is 22.9 Å². The standard InChI is InChI=1S/C3H4N2S/c4-5-1-2-6-3-5/h1-4H. The molecule has 0 aliphatic rings. The summed E-state index contributed by atoms with van der Waals surface area (Å²) in [5.41, 5.74) is 1.71. The van der Waals surface area contributed by atoms with E-state index in [4.69, 9.17) is 5.84 Å². The van der Waals surface area contributed by atoms with Gasteiger partial charge >= 0.3 is 0 Å². The average molecular weight is 100 g/mol. The Labute approximate surface area is 39.8 Å². The molecule has 0 spiro atoms. The van der Waals surface area contributed by atoms with Gasteiger partial charge in [-0.15, -0.1) is 0 Å². The third-order valence-corrected chi connectivity index (χ3v) is 1.10. The van der Waals surface area contributed by atoms with Gasteiger partial charge in [-0.1, -0.05) is 11.3 Å². The highest BCUT2D eigenvalue weighted by Gasteiger charge is 1.76. The van der Waals surface area contributed by atoms with Crippen LogP contribution in [0.5, 0.6) is 0 Å². The Balaban J connectivity index is 3.05. The number of nitrogens with one attached hydrogen (secondary N) is 1. The summed E-state index contributed by atoms with van der Waals surface area (Å²) >= 11 is 1.52. The minimum atomic E-state index is 1.27. The molecule has 0 aliphatic carbocycles. The number of hydrogen-bond acceptors (Lipinski definition) is 1. The van der Waals surface area contributed by atoms with Gasteiger partial charge in [0, 0.05) is 0 Å². The van der Waals surface area contributed by atoms with Crippen LogP contribution in [0.25, 0.3) is 5.84 Å². The van der Waals surface area contributed by atoms with Crippen molar-refractivity contribution in [2.75, 3.05) is 0 Å². The van der Waals surface area contributed by atoms with E-state index in [2.05, 4.69) is 0 Å². The van der Waals surface area contributed by atoms with Gasteiger partial charge in [0.15, 0.2) is 6.20 Å². The van der Waals surface area contributed by atoms with Crippen LogP contribution >= 0.6 is 11.3 Å². The first kappa shape index (κ1) is 3.61. The third kappa shape index (κ3) is 0.490. The van der Waals surface area contributed by atoms with Crippen molar-refractivity contribution in [1.29, 1.82) is 0 Å². The SMILES string of the molecule is [NH-][n+]1ccsc1. The van der Waals surface area contributed by atoms with Gasteiger partial charge < -0.3 is 5.84 Å². The molecule has 0 aliphatic heterocycles. The zero-order valence-corrected chi connectivity index (χ0v) is 3.90. The van der Waals surface area contributed by atoms with Crippen LogP contribution in [0.1, 0.15) is 0 Å². The van der Waals surface area contributed by atoms with Crippen molar-refractivity contribution in [2.24, 2.45) is 0 Å². The predicted molar refractivity (Wildman–Crippen MR) is 24.2 cm³/mol. The number of aromatic nitrogens is 1. The van der Waals surface area contributed by atoms with Crippen molar-refractivity contribution in [1.82, 2.24) is 0 Å². The van der Waals surface area contributed by atoms with Crippen LogP contribution in [0, 0.1) is 0 Å². The summed E-state index contributed by atoms with van der Waals surface area (Å²) in [6, 6.07) is 0. The molecule has 6 heavy (non-hydrogen) atoms. The molecule has 0 atom stereocenters. The first-order chi connectivity index (χ1) is 2.89. The molecule has 1 rings (SSSR count). The maximum Gasteiger partial charge on any atom is 0.220 e. The van der Waals surface area contributed by atoms with Gasteiger partial charge in [-0.2, -0.15) is 0 Å². The molecule has 2 nitrogen and oxygen atoms in total. The molecule has 0 radical (unpaired) electrons. The number of thiazole rings is 1. The summed E-state index contributed by atoms with van der Waals surface area (Å²) in [7, 11) is 0. The maximum atomic E-state index is 6.80. The highest BCUT2D eigenvalue weighted by atomic mass is 32.1. The van der Waals surface area contributed by atoms with Gasteiger partial charge in [-0.3, -0.25) is 0 Å². The fourth-order valence-electron chi connectivity index (χ4n) is 0.237. The molecule has 32 valence electrons. The molecule has 1 heterocycles. The van der Waals surface area contributed by atoms with Crippen LogP contribution in [-0.4, -0.2) is 0 Å². The van der Waals surface area contributed by atoms with E-state index in [9.17, 15) is 0 Å². The van der Waals surface area contributed by atoms with E-state index in [1.54, 1.807) is 11.7 Å². The minimum absolute atomic E-state index is 1.27. The molecule has 0 saturated carbocycles. The van der Waals surface area contributed by atoms with Crippen molar-refractivity contribution >= 4 is 11.3 Å². The lowest BCUT2D eigenvalue weighted by molar-refractivity contribution is -0.600. The summed E-state index contributed by atoms with van der Waals surface area (Å²) in [4.78, 5) is 0. The van der Waals surface area contributed by atoms with Gasteiger partial charge in [0.25, 0.3) is 0 Å². The zero-order valence-electron chi connectivity index (χ0n) is 3.09. The molecular formula is C3H4N2S. The van der Waals surface area contributed by atoms with Crippen LogP contribution in [-0.2, 0) is 0 Å². The quantitative estimate of drug-likeness (QED) is 0.432.